The third kappa shape index (κ3) is 3.23. The fourth-order valence-electron chi connectivity index (χ4n) is 1.98. The van der Waals surface area contributed by atoms with Crippen molar-refractivity contribution in [1.29, 1.82) is 5.26 Å². The van der Waals surface area contributed by atoms with Crippen molar-refractivity contribution in [2.45, 2.75) is 0 Å². The third-order valence-electron chi connectivity index (χ3n) is 2.99. The monoisotopic (exact) mass is 343 g/mol. The number of hydrogen-bond acceptors (Lipinski definition) is 5. The zero-order valence-corrected chi connectivity index (χ0v) is 13.5. The Kier molecular flexibility index (Phi) is 4.10. The van der Waals surface area contributed by atoms with Crippen molar-refractivity contribution in [3.05, 3.63) is 52.3 Å². The summed E-state index contributed by atoms with van der Waals surface area (Å²) in [5.41, 5.74) is 1.64. The highest BCUT2D eigenvalue weighted by Crippen LogP contribution is 2.26. The van der Waals surface area contributed by atoms with Gasteiger partial charge in [-0.05, 0) is 12.1 Å². The maximum atomic E-state index is 12.3. The van der Waals surface area contributed by atoms with Crippen LogP contribution in [0.2, 0.25) is 5.02 Å². The zero-order chi connectivity index (χ0) is 16.4. The van der Waals surface area contributed by atoms with Crippen LogP contribution in [-0.2, 0) is 7.05 Å². The van der Waals surface area contributed by atoms with Crippen molar-refractivity contribution in [3.8, 4) is 16.6 Å². The lowest BCUT2D eigenvalue weighted by Crippen LogP contribution is -2.12. The molecule has 0 fully saturated rings. The van der Waals surface area contributed by atoms with Gasteiger partial charge in [0.05, 0.1) is 5.69 Å². The quantitative estimate of drug-likeness (QED) is 0.790. The fraction of sp³-hybridized carbons (Fsp3) is 0.0667. The molecule has 0 saturated carbocycles. The molecule has 1 amide bonds. The third-order valence-corrected chi connectivity index (χ3v) is 4.12. The van der Waals surface area contributed by atoms with Gasteiger partial charge in [0.2, 0.25) is 0 Å². The predicted molar refractivity (Wildman–Crippen MR) is 88.4 cm³/mol. The molecule has 8 heteroatoms. The number of amides is 1. The second-order valence-electron chi connectivity index (χ2n) is 4.68. The molecule has 0 aliphatic heterocycles. The van der Waals surface area contributed by atoms with E-state index in [4.69, 9.17) is 16.9 Å². The zero-order valence-electron chi connectivity index (χ0n) is 11.9. The molecule has 0 spiro atoms. The maximum Gasteiger partial charge on any atom is 0.275 e. The summed E-state index contributed by atoms with van der Waals surface area (Å²) < 4.78 is 1.46. The number of aromatic nitrogens is 3. The highest BCUT2D eigenvalue weighted by molar-refractivity contribution is 7.13. The highest BCUT2D eigenvalue weighted by Gasteiger charge is 2.15. The van der Waals surface area contributed by atoms with Gasteiger partial charge in [-0.2, -0.15) is 10.4 Å². The number of benzene rings is 1. The summed E-state index contributed by atoms with van der Waals surface area (Å²) >= 11 is 7.31. The van der Waals surface area contributed by atoms with Crippen molar-refractivity contribution in [2.24, 2.45) is 7.05 Å². The Bertz CT molecular complexity index is 924. The number of nitriles is 1. The first kappa shape index (κ1) is 15.2. The maximum absolute atomic E-state index is 12.3. The van der Waals surface area contributed by atoms with Crippen LogP contribution >= 0.6 is 22.9 Å². The molecule has 3 aromatic rings. The topological polar surface area (TPSA) is 83.6 Å². The minimum Gasteiger partial charge on any atom is -0.317 e. The van der Waals surface area contributed by atoms with Crippen LogP contribution in [0.1, 0.15) is 16.2 Å². The van der Waals surface area contributed by atoms with Crippen LogP contribution in [0.5, 0.6) is 0 Å². The van der Waals surface area contributed by atoms with E-state index in [9.17, 15) is 4.79 Å². The van der Waals surface area contributed by atoms with Crippen LogP contribution in [0.15, 0.2) is 35.8 Å². The van der Waals surface area contributed by atoms with Crippen molar-refractivity contribution in [3.63, 3.8) is 0 Å². The van der Waals surface area contributed by atoms with Crippen molar-refractivity contribution in [1.82, 2.24) is 14.8 Å². The van der Waals surface area contributed by atoms with Gasteiger partial charge < -0.3 is 5.32 Å². The average molecular weight is 344 g/mol. The number of rotatable bonds is 3. The van der Waals surface area contributed by atoms with E-state index < -0.39 is 0 Å². The Hall–Kier alpha value is -2.69. The molecule has 0 unspecified atom stereocenters. The van der Waals surface area contributed by atoms with E-state index in [0.29, 0.717) is 15.7 Å². The Morgan fingerprint density at radius 3 is 3.04 bits per heavy atom. The molecule has 0 bridgehead atoms. The average Bonchev–Trinajstić information content (AvgIpc) is 3.14. The lowest BCUT2D eigenvalue weighted by molar-refractivity contribution is 0.102. The minimum absolute atomic E-state index is 0.158. The van der Waals surface area contributed by atoms with Crippen molar-refractivity contribution in [2.75, 3.05) is 5.32 Å². The summed E-state index contributed by atoms with van der Waals surface area (Å²) in [5.74, 6) is -0.390. The number of nitrogens with zero attached hydrogens (tertiary/aromatic N) is 4. The number of carbonyl (C=O) groups excluding carboxylic acids is 1. The summed E-state index contributed by atoms with van der Waals surface area (Å²) in [6.07, 6.45) is 1.57. The second-order valence-corrected chi connectivity index (χ2v) is 5.97. The van der Waals surface area contributed by atoms with E-state index in [1.807, 2.05) is 18.2 Å². The molecular formula is C15H10ClN5OS. The van der Waals surface area contributed by atoms with Gasteiger partial charge in [-0.25, -0.2) is 4.98 Å². The standard InChI is InChI=1S/C15H10ClN5OS/c1-21-7-12(11(6-17)20-21)18-14(22)13-8-23-15(19-13)9-3-2-4-10(16)5-9/h2-5,7-8H,1H3,(H,18,22). The number of thiazole rings is 1. The molecule has 23 heavy (non-hydrogen) atoms. The van der Waals surface area contributed by atoms with Crippen LogP contribution < -0.4 is 5.32 Å². The van der Waals surface area contributed by atoms with E-state index in [0.717, 1.165) is 5.56 Å². The number of anilines is 1. The first-order valence-electron chi connectivity index (χ1n) is 6.53. The molecule has 0 atom stereocenters. The lowest BCUT2D eigenvalue weighted by atomic mass is 10.2. The van der Waals surface area contributed by atoms with Gasteiger partial charge in [0, 0.05) is 29.2 Å². The van der Waals surface area contributed by atoms with Crippen molar-refractivity contribution >= 4 is 34.5 Å². The fourth-order valence-corrected chi connectivity index (χ4v) is 2.97. The van der Waals surface area contributed by atoms with Gasteiger partial charge in [-0.1, -0.05) is 23.7 Å². The van der Waals surface area contributed by atoms with E-state index in [2.05, 4.69) is 15.4 Å². The molecule has 3 rings (SSSR count). The number of carbonyl (C=O) groups is 1. The molecule has 2 aromatic heterocycles. The Morgan fingerprint density at radius 2 is 2.30 bits per heavy atom. The summed E-state index contributed by atoms with van der Waals surface area (Å²) in [6.45, 7) is 0. The van der Waals surface area contributed by atoms with Gasteiger partial charge >= 0.3 is 0 Å². The van der Waals surface area contributed by atoms with Crippen LogP contribution in [0.3, 0.4) is 0 Å². The van der Waals surface area contributed by atoms with E-state index >= 15 is 0 Å². The predicted octanol–water partition coefficient (Wildman–Crippen LogP) is 3.32. The molecular weight excluding hydrogens is 334 g/mol. The first-order chi connectivity index (χ1) is 11.1. The van der Waals surface area contributed by atoms with Crippen LogP contribution in [-0.4, -0.2) is 20.7 Å². The molecule has 1 aromatic carbocycles. The molecule has 0 aliphatic carbocycles. The Morgan fingerprint density at radius 1 is 1.48 bits per heavy atom. The van der Waals surface area contributed by atoms with Gasteiger partial charge in [0.1, 0.15) is 16.8 Å². The Balaban J connectivity index is 1.83. The Labute approximate surface area is 141 Å². The summed E-state index contributed by atoms with van der Waals surface area (Å²) in [6, 6.07) is 9.20. The lowest BCUT2D eigenvalue weighted by Gasteiger charge is -1.99. The number of hydrogen-bond donors (Lipinski definition) is 1. The molecule has 114 valence electrons. The van der Waals surface area contributed by atoms with E-state index in [1.54, 1.807) is 30.8 Å². The number of nitrogens with one attached hydrogen (secondary N) is 1. The van der Waals surface area contributed by atoms with Crippen molar-refractivity contribution < 1.29 is 4.79 Å². The molecule has 2 heterocycles. The highest BCUT2D eigenvalue weighted by atomic mass is 35.5. The molecule has 6 nitrogen and oxygen atoms in total. The van der Waals surface area contributed by atoms with Crippen LogP contribution in [0, 0.1) is 11.3 Å². The molecule has 1 N–H and O–H groups in total. The van der Waals surface area contributed by atoms with E-state index in [1.165, 1.54) is 16.0 Å². The first-order valence-corrected chi connectivity index (χ1v) is 7.79. The minimum atomic E-state index is -0.390. The number of halogens is 1. The summed E-state index contributed by atoms with van der Waals surface area (Å²) in [5, 5.41) is 18.6. The molecule has 0 saturated heterocycles. The number of aryl methyl sites for hydroxylation is 1. The van der Waals surface area contributed by atoms with Gasteiger partial charge in [0.15, 0.2) is 5.69 Å². The van der Waals surface area contributed by atoms with Gasteiger partial charge in [0.25, 0.3) is 5.91 Å². The SMILES string of the molecule is Cn1cc(NC(=O)c2csc(-c3cccc(Cl)c3)n2)c(C#N)n1. The van der Waals surface area contributed by atoms with E-state index in [-0.39, 0.29) is 17.3 Å². The van der Waals surface area contributed by atoms with Gasteiger partial charge in [-0.3, -0.25) is 9.48 Å². The molecule has 0 radical (unpaired) electrons. The smallest absolute Gasteiger partial charge is 0.275 e. The van der Waals surface area contributed by atoms with Gasteiger partial charge in [-0.15, -0.1) is 11.3 Å². The largest absolute Gasteiger partial charge is 0.317 e. The summed E-state index contributed by atoms with van der Waals surface area (Å²) in [4.78, 5) is 16.6. The second kappa shape index (κ2) is 6.20. The normalized spacial score (nSPS) is 10.3. The van der Waals surface area contributed by atoms with Crippen LogP contribution in [0.25, 0.3) is 10.6 Å². The summed E-state index contributed by atoms with van der Waals surface area (Å²) in [7, 11) is 1.68. The molecule has 0 aliphatic rings. The van der Waals surface area contributed by atoms with Crippen LogP contribution in [0.4, 0.5) is 5.69 Å².